The minimum absolute atomic E-state index is 0.229. The lowest BCUT2D eigenvalue weighted by atomic mass is 10.3. The molecule has 16 heavy (non-hydrogen) atoms. The van der Waals surface area contributed by atoms with E-state index in [1.165, 1.54) is 0 Å². The molecule has 1 rings (SSSR count). The molecule has 2 unspecified atom stereocenters. The molecular weight excluding hydrogens is 228 g/mol. The topological polar surface area (TPSA) is 49.5 Å². The molecule has 1 aliphatic heterocycles. The lowest BCUT2D eigenvalue weighted by Gasteiger charge is -2.30. The van der Waals surface area contributed by atoms with Crippen molar-refractivity contribution in [3.63, 3.8) is 0 Å². The highest BCUT2D eigenvalue weighted by molar-refractivity contribution is 6.62. The van der Waals surface area contributed by atoms with Gasteiger partial charge in [0, 0.05) is 33.5 Å². The van der Waals surface area contributed by atoms with Crippen LogP contribution in [-0.2, 0) is 22.8 Å². The first kappa shape index (κ1) is 14.1. The van der Waals surface area contributed by atoms with Gasteiger partial charge in [0.2, 0.25) is 0 Å². The Bertz CT molecular complexity index is 185. The van der Waals surface area contributed by atoms with E-state index in [2.05, 4.69) is 6.92 Å². The molecule has 0 spiro atoms. The molecule has 96 valence electrons. The number of ether oxygens (including phenoxy) is 2. The van der Waals surface area contributed by atoms with E-state index in [1.807, 2.05) is 0 Å². The van der Waals surface area contributed by atoms with Crippen LogP contribution in [0.4, 0.5) is 0 Å². The van der Waals surface area contributed by atoms with Crippen LogP contribution in [0, 0.1) is 0 Å². The number of epoxide rings is 1. The van der Waals surface area contributed by atoms with Crippen LogP contribution in [0.15, 0.2) is 0 Å². The largest absolute Gasteiger partial charge is 0.503 e. The van der Waals surface area contributed by atoms with Gasteiger partial charge in [-0.3, -0.25) is 0 Å². The molecule has 1 aliphatic rings. The Labute approximate surface area is 98.3 Å². The Balaban J connectivity index is 2.21. The minimum atomic E-state index is -2.49. The maximum absolute atomic E-state index is 5.49. The average Bonchev–Trinajstić information content (AvgIpc) is 3.11. The van der Waals surface area contributed by atoms with Crippen LogP contribution < -0.4 is 0 Å². The lowest BCUT2D eigenvalue weighted by molar-refractivity contribution is 0.0888. The first-order valence-corrected chi connectivity index (χ1v) is 7.33. The third kappa shape index (κ3) is 3.79. The van der Waals surface area contributed by atoms with E-state index in [1.54, 1.807) is 21.3 Å². The summed E-state index contributed by atoms with van der Waals surface area (Å²) in [4.78, 5) is 0. The molecule has 0 bridgehead atoms. The highest BCUT2D eigenvalue weighted by atomic mass is 28.4. The molecule has 2 atom stereocenters. The SMILES string of the molecule is CO[Si](OC)(OC)C(C)CCOCC1CO1. The van der Waals surface area contributed by atoms with Crippen molar-refractivity contribution in [3.8, 4) is 0 Å². The molecule has 0 aromatic carbocycles. The van der Waals surface area contributed by atoms with Crippen LogP contribution in [0.25, 0.3) is 0 Å². The van der Waals surface area contributed by atoms with Crippen molar-refractivity contribution in [3.05, 3.63) is 0 Å². The van der Waals surface area contributed by atoms with Crippen LogP contribution in [0.2, 0.25) is 5.54 Å². The van der Waals surface area contributed by atoms with E-state index in [4.69, 9.17) is 22.8 Å². The van der Waals surface area contributed by atoms with E-state index >= 15 is 0 Å². The Kier molecular flexibility index (Phi) is 5.88. The second kappa shape index (κ2) is 6.68. The van der Waals surface area contributed by atoms with Crippen molar-refractivity contribution < 1.29 is 22.8 Å². The lowest BCUT2D eigenvalue weighted by Crippen LogP contribution is -2.47. The third-order valence-corrected chi connectivity index (χ3v) is 6.06. The zero-order valence-electron chi connectivity index (χ0n) is 10.5. The fourth-order valence-electron chi connectivity index (χ4n) is 1.67. The maximum Gasteiger partial charge on any atom is 0.503 e. The quantitative estimate of drug-likeness (QED) is 0.348. The van der Waals surface area contributed by atoms with E-state index in [0.29, 0.717) is 19.3 Å². The molecule has 0 aliphatic carbocycles. The molecule has 0 aromatic rings. The fourth-order valence-corrected chi connectivity index (χ4v) is 3.85. The first-order valence-electron chi connectivity index (χ1n) is 5.53. The summed E-state index contributed by atoms with van der Waals surface area (Å²) in [6.07, 6.45) is 1.19. The fraction of sp³-hybridized carbons (Fsp3) is 1.00. The summed E-state index contributed by atoms with van der Waals surface area (Å²) in [6, 6.07) is 0. The normalized spacial score (nSPS) is 22.1. The van der Waals surface area contributed by atoms with Crippen LogP contribution in [0.1, 0.15) is 13.3 Å². The zero-order chi connectivity index (χ0) is 12.0. The van der Waals surface area contributed by atoms with Gasteiger partial charge >= 0.3 is 8.80 Å². The summed E-state index contributed by atoms with van der Waals surface area (Å²) in [5.41, 5.74) is 0.229. The van der Waals surface area contributed by atoms with Gasteiger partial charge < -0.3 is 22.8 Å². The molecule has 0 amide bonds. The third-order valence-electron chi connectivity index (χ3n) is 2.86. The number of hydrogen-bond acceptors (Lipinski definition) is 5. The molecule has 6 heteroatoms. The first-order chi connectivity index (χ1) is 7.68. The van der Waals surface area contributed by atoms with Gasteiger partial charge in [-0.15, -0.1) is 0 Å². The van der Waals surface area contributed by atoms with E-state index in [9.17, 15) is 0 Å². The summed E-state index contributed by atoms with van der Waals surface area (Å²) in [6.45, 7) is 4.28. The molecule has 1 fully saturated rings. The monoisotopic (exact) mass is 250 g/mol. The summed E-state index contributed by atoms with van der Waals surface area (Å²) in [5, 5.41) is 0. The highest BCUT2D eigenvalue weighted by Gasteiger charge is 2.44. The van der Waals surface area contributed by atoms with E-state index in [-0.39, 0.29) is 5.54 Å². The van der Waals surface area contributed by atoms with Crippen molar-refractivity contribution in [1.82, 2.24) is 0 Å². The molecule has 0 N–H and O–H groups in total. The maximum atomic E-state index is 5.49. The smallest absolute Gasteiger partial charge is 0.379 e. The number of rotatable bonds is 9. The highest BCUT2D eigenvalue weighted by Crippen LogP contribution is 2.26. The summed E-state index contributed by atoms with van der Waals surface area (Å²) in [7, 11) is 2.41. The summed E-state index contributed by atoms with van der Waals surface area (Å²) < 4.78 is 26.8. The van der Waals surface area contributed by atoms with E-state index in [0.717, 1.165) is 13.0 Å². The Morgan fingerprint density at radius 2 is 1.81 bits per heavy atom. The Hall–Kier alpha value is 0.0169. The average molecular weight is 250 g/mol. The van der Waals surface area contributed by atoms with Gasteiger partial charge in [0.15, 0.2) is 0 Å². The van der Waals surface area contributed by atoms with Crippen LogP contribution in [0.3, 0.4) is 0 Å². The van der Waals surface area contributed by atoms with Gasteiger partial charge in [0.25, 0.3) is 0 Å². The van der Waals surface area contributed by atoms with Gasteiger partial charge in [-0.05, 0) is 6.42 Å². The van der Waals surface area contributed by atoms with Gasteiger partial charge in [-0.2, -0.15) is 0 Å². The van der Waals surface area contributed by atoms with E-state index < -0.39 is 8.80 Å². The molecule has 0 saturated carbocycles. The van der Waals surface area contributed by atoms with Gasteiger partial charge in [0.1, 0.15) is 6.10 Å². The van der Waals surface area contributed by atoms with Crippen molar-refractivity contribution in [2.45, 2.75) is 25.0 Å². The van der Waals surface area contributed by atoms with Crippen LogP contribution in [0.5, 0.6) is 0 Å². The van der Waals surface area contributed by atoms with Crippen molar-refractivity contribution in [1.29, 1.82) is 0 Å². The predicted octanol–water partition coefficient (Wildman–Crippen LogP) is 1.06. The predicted molar refractivity (Wildman–Crippen MR) is 61.4 cm³/mol. The Morgan fingerprint density at radius 3 is 2.25 bits per heavy atom. The van der Waals surface area contributed by atoms with Crippen molar-refractivity contribution >= 4 is 8.80 Å². The zero-order valence-corrected chi connectivity index (χ0v) is 11.5. The molecule has 0 radical (unpaired) electrons. The molecule has 0 aromatic heterocycles. The summed E-state index contributed by atoms with van der Waals surface area (Å²) >= 11 is 0. The van der Waals surface area contributed by atoms with Crippen LogP contribution >= 0.6 is 0 Å². The van der Waals surface area contributed by atoms with Gasteiger partial charge in [-0.1, -0.05) is 6.92 Å². The molecular formula is C10H22O5Si. The van der Waals surface area contributed by atoms with Crippen molar-refractivity contribution in [2.24, 2.45) is 0 Å². The Morgan fingerprint density at radius 1 is 1.25 bits per heavy atom. The summed E-state index contributed by atoms with van der Waals surface area (Å²) in [5.74, 6) is 0. The second-order valence-corrected chi connectivity index (χ2v) is 7.35. The number of hydrogen-bond donors (Lipinski definition) is 0. The molecule has 5 nitrogen and oxygen atoms in total. The standard InChI is InChI=1S/C10H22O5Si/c1-9(16(11-2,12-3)13-4)5-6-14-7-10-8-15-10/h9-10H,5-8H2,1-4H3. The molecule has 1 saturated heterocycles. The minimum Gasteiger partial charge on any atom is -0.379 e. The van der Waals surface area contributed by atoms with Crippen molar-refractivity contribution in [2.75, 3.05) is 41.2 Å². The molecule has 1 heterocycles. The van der Waals surface area contributed by atoms with Gasteiger partial charge in [0.05, 0.1) is 13.2 Å². The second-order valence-electron chi connectivity index (χ2n) is 3.94. The van der Waals surface area contributed by atoms with Gasteiger partial charge in [-0.25, -0.2) is 0 Å². The van der Waals surface area contributed by atoms with Crippen LogP contribution in [-0.4, -0.2) is 56.1 Å².